The van der Waals surface area contributed by atoms with Gasteiger partial charge in [-0.1, -0.05) is 84.4 Å². The van der Waals surface area contributed by atoms with E-state index >= 15 is 0 Å². The number of halogens is 2. The molecule has 0 fully saturated rings. The summed E-state index contributed by atoms with van der Waals surface area (Å²) >= 11 is 6.17. The number of hydrogen-bond acceptors (Lipinski definition) is 3. The molecule has 0 saturated heterocycles. The van der Waals surface area contributed by atoms with E-state index in [0.29, 0.717) is 16.8 Å². The monoisotopic (exact) mass is 574 g/mol. The molecule has 42 heavy (non-hydrogen) atoms. The minimum Gasteiger partial charge on any atom is -0.321 e. The van der Waals surface area contributed by atoms with Crippen LogP contribution in [0.3, 0.4) is 0 Å². The second-order valence-corrected chi connectivity index (χ2v) is 9.72. The highest BCUT2D eigenvalue weighted by atomic mass is 35.5. The van der Waals surface area contributed by atoms with E-state index in [-0.39, 0.29) is 22.1 Å². The number of benzene rings is 5. The first-order valence-corrected chi connectivity index (χ1v) is 13.4. The second kappa shape index (κ2) is 12.9. The molecule has 0 heterocycles. The zero-order valence-corrected chi connectivity index (χ0v) is 22.9. The number of fused-ring (bicyclic) bond motifs is 1. The van der Waals surface area contributed by atoms with Crippen LogP contribution in [0.15, 0.2) is 127 Å². The van der Waals surface area contributed by atoms with Crippen LogP contribution in [0.4, 0.5) is 10.1 Å². The number of amides is 2. The van der Waals surface area contributed by atoms with Gasteiger partial charge in [0.15, 0.2) is 5.78 Å². The highest BCUT2D eigenvalue weighted by Gasteiger charge is 2.17. The van der Waals surface area contributed by atoms with Gasteiger partial charge in [0, 0.05) is 22.4 Å². The van der Waals surface area contributed by atoms with Crippen LogP contribution < -0.4 is 10.6 Å². The van der Waals surface area contributed by atoms with E-state index in [0.717, 1.165) is 16.3 Å². The van der Waals surface area contributed by atoms with Crippen LogP contribution in [-0.2, 0) is 4.79 Å². The molecular weight excluding hydrogens is 551 g/mol. The molecule has 0 spiro atoms. The van der Waals surface area contributed by atoms with E-state index in [1.165, 1.54) is 30.4 Å². The summed E-state index contributed by atoms with van der Waals surface area (Å²) in [6.45, 7) is 0. The summed E-state index contributed by atoms with van der Waals surface area (Å²) in [5, 5.41) is 7.44. The van der Waals surface area contributed by atoms with Gasteiger partial charge in [0.1, 0.15) is 11.5 Å². The van der Waals surface area contributed by atoms with Gasteiger partial charge in [0.25, 0.3) is 11.8 Å². The third-order valence-electron chi connectivity index (χ3n) is 6.48. The van der Waals surface area contributed by atoms with E-state index in [4.69, 9.17) is 11.6 Å². The Kier molecular flexibility index (Phi) is 8.66. The van der Waals surface area contributed by atoms with E-state index in [9.17, 15) is 18.8 Å². The molecule has 206 valence electrons. The number of ketones is 1. The number of carbonyl (C=O) groups is 3. The number of allylic oxidation sites excluding steroid dienone is 1. The number of anilines is 1. The first-order chi connectivity index (χ1) is 20.4. The molecule has 0 saturated carbocycles. The maximum Gasteiger partial charge on any atom is 0.272 e. The van der Waals surface area contributed by atoms with Gasteiger partial charge in [-0.3, -0.25) is 14.4 Å². The number of nitrogens with one attached hydrogen (secondary N) is 2. The Hall–Kier alpha value is -5.33. The summed E-state index contributed by atoms with van der Waals surface area (Å²) < 4.78 is 14.5. The van der Waals surface area contributed by atoms with Crippen molar-refractivity contribution in [1.82, 2.24) is 5.32 Å². The zero-order chi connectivity index (χ0) is 29.5. The van der Waals surface area contributed by atoms with E-state index < -0.39 is 17.6 Å². The maximum absolute atomic E-state index is 14.5. The lowest BCUT2D eigenvalue weighted by Gasteiger charge is -2.12. The lowest BCUT2D eigenvalue weighted by molar-refractivity contribution is -0.113. The van der Waals surface area contributed by atoms with Gasteiger partial charge in [-0.25, -0.2) is 4.39 Å². The predicted octanol–water partition coefficient (Wildman–Crippen LogP) is 7.94. The molecule has 2 N–H and O–H groups in total. The van der Waals surface area contributed by atoms with Crippen LogP contribution in [0.1, 0.15) is 31.8 Å². The summed E-state index contributed by atoms with van der Waals surface area (Å²) in [5.74, 6) is -2.11. The van der Waals surface area contributed by atoms with Crippen LogP contribution in [0, 0.1) is 5.82 Å². The Balaban J connectivity index is 1.34. The fourth-order valence-corrected chi connectivity index (χ4v) is 4.53. The molecule has 0 aliphatic rings. The Labute approximate surface area is 247 Å². The minimum absolute atomic E-state index is 0.0448. The van der Waals surface area contributed by atoms with Gasteiger partial charge in [-0.2, -0.15) is 0 Å². The summed E-state index contributed by atoms with van der Waals surface area (Å²) in [6, 6.07) is 32.6. The molecule has 5 aromatic carbocycles. The molecule has 0 atom stereocenters. The Morgan fingerprint density at radius 1 is 0.714 bits per heavy atom. The quantitative estimate of drug-likeness (QED) is 0.146. The molecule has 0 bridgehead atoms. The lowest BCUT2D eigenvalue weighted by Crippen LogP contribution is -2.30. The van der Waals surface area contributed by atoms with Crippen LogP contribution in [0.5, 0.6) is 0 Å². The normalized spacial score (nSPS) is 11.4. The summed E-state index contributed by atoms with van der Waals surface area (Å²) in [5.41, 5.74) is 1.78. The van der Waals surface area contributed by atoms with Crippen molar-refractivity contribution < 1.29 is 18.8 Å². The van der Waals surface area contributed by atoms with Crippen molar-refractivity contribution in [3.05, 3.63) is 160 Å². The van der Waals surface area contributed by atoms with Crippen molar-refractivity contribution in [3.63, 3.8) is 0 Å². The molecule has 7 heteroatoms. The number of hydrogen-bond donors (Lipinski definition) is 2. The molecule has 0 radical (unpaired) electrons. The second-order valence-electron chi connectivity index (χ2n) is 9.31. The molecular formula is C35H24ClFN2O3. The van der Waals surface area contributed by atoms with Gasteiger partial charge < -0.3 is 10.6 Å². The SMILES string of the molecule is O=C(Nc1ccc(C(=O)/C=C/c2cccc3ccccc23)cc1)/C(=C/c1c(F)cccc1Cl)NC(=O)c1ccccc1. The highest BCUT2D eigenvalue weighted by molar-refractivity contribution is 6.32. The standard InChI is InChI=1S/C35H24ClFN2O3/c36-30-14-7-15-31(37)29(30)22-32(39-34(41)26-9-2-1-3-10-26)35(42)38-27-19-16-25(17-20-27)33(40)21-18-24-12-6-11-23-8-4-5-13-28(23)24/h1-22H,(H,38,42)(H,39,41)/b21-18+,32-22-. The Morgan fingerprint density at radius 3 is 2.17 bits per heavy atom. The van der Waals surface area contributed by atoms with Crippen LogP contribution >= 0.6 is 11.6 Å². The summed E-state index contributed by atoms with van der Waals surface area (Å²) in [4.78, 5) is 38.9. The van der Waals surface area contributed by atoms with Gasteiger partial charge in [0.05, 0.1) is 5.02 Å². The van der Waals surface area contributed by atoms with Gasteiger partial charge in [-0.05, 0) is 77.0 Å². The molecule has 2 amide bonds. The fraction of sp³-hybridized carbons (Fsp3) is 0. The van der Waals surface area contributed by atoms with Crippen molar-refractivity contribution >= 4 is 57.8 Å². The van der Waals surface area contributed by atoms with Gasteiger partial charge in [0.2, 0.25) is 0 Å². The van der Waals surface area contributed by atoms with Crippen LogP contribution in [-0.4, -0.2) is 17.6 Å². The first kappa shape index (κ1) is 28.2. The van der Waals surface area contributed by atoms with Crippen molar-refractivity contribution in [2.45, 2.75) is 0 Å². The van der Waals surface area contributed by atoms with Crippen LogP contribution in [0.2, 0.25) is 5.02 Å². The smallest absolute Gasteiger partial charge is 0.272 e. The molecule has 0 aliphatic heterocycles. The van der Waals surface area contributed by atoms with Gasteiger partial charge >= 0.3 is 0 Å². The van der Waals surface area contributed by atoms with E-state index in [1.807, 2.05) is 42.5 Å². The number of carbonyl (C=O) groups excluding carboxylic acids is 3. The average Bonchev–Trinajstić information content (AvgIpc) is 3.01. The highest BCUT2D eigenvalue weighted by Crippen LogP contribution is 2.23. The number of rotatable bonds is 8. The fourth-order valence-electron chi connectivity index (χ4n) is 4.31. The molecule has 5 rings (SSSR count). The first-order valence-electron chi connectivity index (χ1n) is 13.0. The van der Waals surface area contributed by atoms with E-state index in [1.54, 1.807) is 60.7 Å². The van der Waals surface area contributed by atoms with Crippen molar-refractivity contribution in [3.8, 4) is 0 Å². The third kappa shape index (κ3) is 6.69. The van der Waals surface area contributed by atoms with E-state index in [2.05, 4.69) is 10.6 Å². The Morgan fingerprint density at radius 2 is 1.40 bits per heavy atom. The van der Waals surface area contributed by atoms with Crippen molar-refractivity contribution in [1.29, 1.82) is 0 Å². The van der Waals surface area contributed by atoms with Crippen molar-refractivity contribution in [2.24, 2.45) is 0 Å². The molecule has 0 unspecified atom stereocenters. The van der Waals surface area contributed by atoms with Crippen LogP contribution in [0.25, 0.3) is 22.9 Å². The van der Waals surface area contributed by atoms with Crippen molar-refractivity contribution in [2.75, 3.05) is 5.32 Å². The predicted molar refractivity (Wildman–Crippen MR) is 166 cm³/mol. The third-order valence-corrected chi connectivity index (χ3v) is 6.81. The lowest BCUT2D eigenvalue weighted by atomic mass is 10.0. The summed E-state index contributed by atoms with van der Waals surface area (Å²) in [6.07, 6.45) is 4.47. The van der Waals surface area contributed by atoms with Gasteiger partial charge in [-0.15, -0.1) is 0 Å². The average molecular weight is 575 g/mol. The maximum atomic E-state index is 14.5. The topological polar surface area (TPSA) is 75.3 Å². The zero-order valence-electron chi connectivity index (χ0n) is 22.2. The minimum atomic E-state index is -0.700. The largest absolute Gasteiger partial charge is 0.321 e. The molecule has 5 nitrogen and oxygen atoms in total. The molecule has 0 aromatic heterocycles. The Bertz CT molecular complexity index is 1820. The molecule has 5 aromatic rings. The summed E-state index contributed by atoms with van der Waals surface area (Å²) in [7, 11) is 0. The molecule has 0 aliphatic carbocycles.